The van der Waals surface area contributed by atoms with Gasteiger partial charge in [-0.2, -0.15) is 0 Å². The molecule has 1 aromatic carbocycles. The zero-order valence-electron chi connectivity index (χ0n) is 15.4. The molecule has 27 heavy (non-hydrogen) atoms. The number of nitrogens with zero attached hydrogens (tertiary/aromatic N) is 4. The Bertz CT molecular complexity index is 1090. The summed E-state index contributed by atoms with van der Waals surface area (Å²) in [7, 11) is 0.232. The van der Waals surface area contributed by atoms with Gasteiger partial charge in [-0.1, -0.05) is 6.07 Å². The van der Waals surface area contributed by atoms with Gasteiger partial charge < -0.3 is 19.3 Å². The summed E-state index contributed by atoms with van der Waals surface area (Å²) in [6.07, 6.45) is 5.59. The van der Waals surface area contributed by atoms with Gasteiger partial charge in [0.05, 0.1) is 29.4 Å². The van der Waals surface area contributed by atoms with Crippen molar-refractivity contribution in [3.05, 3.63) is 66.2 Å². The fraction of sp³-hybridized carbons (Fsp3) is 0.158. The Morgan fingerprint density at radius 1 is 1.22 bits per heavy atom. The van der Waals surface area contributed by atoms with Gasteiger partial charge in [-0.05, 0) is 48.3 Å². The molecule has 0 bridgehead atoms. The monoisotopic (exact) mass is 372 g/mol. The van der Waals surface area contributed by atoms with Crippen molar-refractivity contribution < 1.29 is 27.8 Å². The number of hydrogen-bond donors (Lipinski definition) is 0. The molecule has 4 rings (SSSR count). The van der Waals surface area contributed by atoms with E-state index in [0.29, 0.717) is 5.16 Å². The number of methoxy groups -OCH3 is 1. The normalized spacial score (nSPS) is 11.9. The van der Waals surface area contributed by atoms with Crippen LogP contribution in [0.4, 0.5) is 0 Å². The van der Waals surface area contributed by atoms with Crippen LogP contribution in [-0.4, -0.2) is 25.9 Å². The second kappa shape index (κ2) is 8.13. The predicted molar refractivity (Wildman–Crippen MR) is 100 cm³/mol. The third kappa shape index (κ3) is 3.86. The zero-order chi connectivity index (χ0) is 18.1. The van der Waals surface area contributed by atoms with Crippen molar-refractivity contribution in [2.24, 2.45) is 0 Å². The van der Waals surface area contributed by atoms with Gasteiger partial charge in [0.25, 0.3) is 0 Å². The van der Waals surface area contributed by atoms with E-state index in [1.165, 1.54) is 0 Å². The number of aromatic nitrogens is 4. The van der Waals surface area contributed by atoms with E-state index in [1.54, 1.807) is 19.4 Å². The van der Waals surface area contributed by atoms with Gasteiger partial charge in [0.2, 0.25) is 0 Å². The third-order valence-electron chi connectivity index (χ3n) is 4.24. The van der Waals surface area contributed by atoms with Crippen molar-refractivity contribution in [1.82, 2.24) is 19.5 Å². The maximum absolute atomic E-state index is 12.7. The van der Waals surface area contributed by atoms with Crippen LogP contribution in [0.1, 0.15) is 11.3 Å². The van der Waals surface area contributed by atoms with E-state index in [1.807, 2.05) is 54.2 Å². The van der Waals surface area contributed by atoms with Crippen molar-refractivity contribution in [2.45, 2.75) is 17.8 Å². The Kier molecular flexibility index (Phi) is 5.85. The standard InChI is InChI=1S/C19H17N4O2S.Li/c1-13-17(20-8-7-18(13)25-2)12-26(24)19-21-15-6-5-14(11-16(15)22-19)23-9-3-4-10-23;/h3-11H,12H2,1-2H3;/q-1;+1. The van der Waals surface area contributed by atoms with E-state index in [2.05, 4.69) is 15.0 Å². The largest absolute Gasteiger partial charge is 1.00 e. The van der Waals surface area contributed by atoms with E-state index >= 15 is 0 Å². The van der Waals surface area contributed by atoms with E-state index in [9.17, 15) is 4.21 Å². The van der Waals surface area contributed by atoms with E-state index in [0.717, 1.165) is 33.7 Å². The summed E-state index contributed by atoms with van der Waals surface area (Å²) in [5, 5.41) is 0.327. The van der Waals surface area contributed by atoms with Crippen LogP contribution in [0.2, 0.25) is 0 Å². The van der Waals surface area contributed by atoms with Gasteiger partial charge in [-0.15, -0.1) is 0 Å². The molecule has 0 N–H and O–H groups in total. The number of hydrogen-bond acceptors (Lipinski definition) is 4. The van der Waals surface area contributed by atoms with Gasteiger partial charge in [-0.25, -0.2) is 0 Å². The Balaban J connectivity index is 0.00000210. The van der Waals surface area contributed by atoms with E-state index in [4.69, 9.17) is 4.74 Å². The minimum atomic E-state index is -1.38. The first-order chi connectivity index (χ1) is 12.7. The number of rotatable bonds is 5. The van der Waals surface area contributed by atoms with Crippen LogP contribution in [0.3, 0.4) is 0 Å². The summed E-state index contributed by atoms with van der Waals surface area (Å²) in [5.41, 5.74) is 4.07. The zero-order valence-corrected chi connectivity index (χ0v) is 16.2. The maximum atomic E-state index is 12.7. The molecule has 0 spiro atoms. The average Bonchev–Trinajstić information content (AvgIpc) is 3.32. The molecule has 8 heteroatoms. The van der Waals surface area contributed by atoms with Crippen molar-refractivity contribution >= 4 is 21.8 Å². The Hall–Kier alpha value is -2.33. The molecular formula is C19H17LiN4O2S. The van der Waals surface area contributed by atoms with Gasteiger partial charge in [0, 0.05) is 35.0 Å². The van der Waals surface area contributed by atoms with Crippen molar-refractivity contribution in [3.8, 4) is 11.4 Å². The number of pyridine rings is 1. The van der Waals surface area contributed by atoms with Crippen LogP contribution in [0.25, 0.3) is 16.7 Å². The molecule has 3 aromatic heterocycles. The summed E-state index contributed by atoms with van der Waals surface area (Å²) in [6, 6.07) is 11.5. The van der Waals surface area contributed by atoms with Crippen molar-refractivity contribution in [2.75, 3.05) is 7.11 Å². The van der Waals surface area contributed by atoms with Crippen LogP contribution in [0.5, 0.6) is 5.75 Å². The fourth-order valence-electron chi connectivity index (χ4n) is 2.81. The topological polar surface area (TPSA) is 71.1 Å². The van der Waals surface area contributed by atoms with Crippen LogP contribution in [0, 0.1) is 6.92 Å². The van der Waals surface area contributed by atoms with Gasteiger partial charge in [-0.3, -0.25) is 9.19 Å². The molecule has 0 fully saturated rings. The van der Waals surface area contributed by atoms with Gasteiger partial charge in [0.15, 0.2) is 0 Å². The molecule has 0 radical (unpaired) electrons. The Labute approximate surface area is 171 Å². The molecule has 0 amide bonds. The molecule has 0 saturated heterocycles. The Morgan fingerprint density at radius 3 is 2.74 bits per heavy atom. The van der Waals surface area contributed by atoms with Crippen LogP contribution < -0.4 is 28.6 Å². The Morgan fingerprint density at radius 2 is 2.00 bits per heavy atom. The third-order valence-corrected chi connectivity index (χ3v) is 5.37. The minimum absolute atomic E-state index is 0. The fourth-order valence-corrected chi connectivity index (χ4v) is 3.88. The predicted octanol–water partition coefficient (Wildman–Crippen LogP) is 0.00652. The van der Waals surface area contributed by atoms with Crippen LogP contribution in [0.15, 0.2) is 60.1 Å². The molecule has 0 aliphatic heterocycles. The number of fused-ring (bicyclic) bond motifs is 1. The molecule has 0 saturated carbocycles. The average molecular weight is 372 g/mol. The molecule has 6 nitrogen and oxygen atoms in total. The molecule has 0 aliphatic carbocycles. The molecule has 3 heterocycles. The summed E-state index contributed by atoms with van der Waals surface area (Å²) in [6.45, 7) is 1.91. The van der Waals surface area contributed by atoms with Crippen LogP contribution >= 0.6 is 0 Å². The smallest absolute Gasteiger partial charge is 0.496 e. The second-order valence-electron chi connectivity index (χ2n) is 5.84. The van der Waals surface area contributed by atoms with Crippen LogP contribution in [-0.2, 0) is 16.6 Å². The quantitative estimate of drug-likeness (QED) is 0.462. The summed E-state index contributed by atoms with van der Waals surface area (Å²) in [5.74, 6) is 0.987. The van der Waals surface area contributed by atoms with Crippen molar-refractivity contribution in [3.63, 3.8) is 0 Å². The molecule has 132 valence electrons. The summed E-state index contributed by atoms with van der Waals surface area (Å²) in [4.78, 5) is 13.2. The van der Waals surface area contributed by atoms with Gasteiger partial charge >= 0.3 is 18.9 Å². The minimum Gasteiger partial charge on any atom is -0.496 e. The molecule has 1 unspecified atom stereocenters. The van der Waals surface area contributed by atoms with E-state index < -0.39 is 10.8 Å². The molecule has 1 atom stereocenters. The molecule has 0 aliphatic rings. The van der Waals surface area contributed by atoms with E-state index in [-0.39, 0.29) is 24.6 Å². The number of ether oxygens (including phenoxy) is 1. The first kappa shape index (κ1) is 19.4. The number of imidazole rings is 1. The second-order valence-corrected chi connectivity index (χ2v) is 7.19. The first-order valence-electron chi connectivity index (χ1n) is 8.10. The molecule has 4 aromatic rings. The summed E-state index contributed by atoms with van der Waals surface area (Å²) >= 11 is 0. The number of benzene rings is 1. The SMILES string of the molecule is COc1ccnc(CS(=O)c2nc3cc(-n4cccc4)ccc3[n-]2)c1C.[Li+]. The first-order valence-corrected chi connectivity index (χ1v) is 9.42. The molecular weight excluding hydrogens is 355 g/mol. The summed E-state index contributed by atoms with van der Waals surface area (Å²) < 4.78 is 20.0. The van der Waals surface area contributed by atoms with Gasteiger partial charge in [0.1, 0.15) is 5.75 Å². The maximum Gasteiger partial charge on any atom is 1.00 e. The van der Waals surface area contributed by atoms with Crippen molar-refractivity contribution in [1.29, 1.82) is 0 Å².